The fourth-order valence-electron chi connectivity index (χ4n) is 2.35. The quantitative estimate of drug-likeness (QED) is 0.817. The second kappa shape index (κ2) is 5.44. The van der Waals surface area contributed by atoms with Gasteiger partial charge in [0.1, 0.15) is 0 Å². The molecule has 0 N–H and O–H groups in total. The number of alkyl halides is 1. The smallest absolute Gasteiger partial charge is 0.293 e. The van der Waals surface area contributed by atoms with Crippen molar-refractivity contribution in [1.29, 1.82) is 0 Å². The van der Waals surface area contributed by atoms with Crippen LogP contribution in [0, 0.1) is 0 Å². The largest absolute Gasteiger partial charge is 0.331 e. The third-order valence-electron chi connectivity index (χ3n) is 3.24. The van der Waals surface area contributed by atoms with Gasteiger partial charge in [-0.25, -0.2) is 4.79 Å². The number of para-hydroxylation sites is 1. The third kappa shape index (κ3) is 2.52. The molecule has 0 unspecified atom stereocenters. The van der Waals surface area contributed by atoms with Crippen LogP contribution >= 0.6 is 11.6 Å². The van der Waals surface area contributed by atoms with Crippen LogP contribution in [0.3, 0.4) is 0 Å². The molecule has 0 bridgehead atoms. The molecule has 0 aliphatic heterocycles. The number of hydrogen-bond acceptors (Lipinski definition) is 2. The van der Waals surface area contributed by atoms with Crippen LogP contribution in [-0.4, -0.2) is 15.0 Å². The zero-order valence-corrected chi connectivity index (χ0v) is 12.8. The molecule has 0 saturated carbocycles. The van der Waals surface area contributed by atoms with E-state index < -0.39 is 5.54 Å². The minimum absolute atomic E-state index is 0.236. The molecule has 0 aliphatic carbocycles. The van der Waals surface area contributed by atoms with Crippen LogP contribution in [0.5, 0.6) is 0 Å². The summed E-state index contributed by atoms with van der Waals surface area (Å²) in [6.45, 7) is 6.09. The number of nitrogens with zero attached hydrogens (tertiary/aromatic N) is 2. The van der Waals surface area contributed by atoms with Crippen LogP contribution in [0.15, 0.2) is 33.9 Å². The van der Waals surface area contributed by atoms with E-state index in [4.69, 9.17) is 11.6 Å². The van der Waals surface area contributed by atoms with Gasteiger partial charge in [-0.2, -0.15) is 0 Å². The van der Waals surface area contributed by atoms with Crippen LogP contribution in [-0.2, 0) is 12.1 Å². The Morgan fingerprint density at radius 1 is 1.15 bits per heavy atom. The van der Waals surface area contributed by atoms with E-state index >= 15 is 0 Å². The molecule has 20 heavy (non-hydrogen) atoms. The summed E-state index contributed by atoms with van der Waals surface area (Å²) < 4.78 is 2.97. The maximum Gasteiger partial charge on any atom is 0.331 e. The second-order valence-electron chi connectivity index (χ2n) is 5.81. The molecule has 4 nitrogen and oxygen atoms in total. The lowest BCUT2D eigenvalue weighted by molar-refractivity contribution is 0.358. The molecule has 1 aromatic heterocycles. The molecule has 0 spiro atoms. The van der Waals surface area contributed by atoms with Gasteiger partial charge in [0.2, 0.25) is 0 Å². The van der Waals surface area contributed by atoms with Crippen molar-refractivity contribution in [3.05, 3.63) is 45.1 Å². The van der Waals surface area contributed by atoms with Crippen molar-refractivity contribution in [2.45, 2.75) is 39.3 Å². The lowest BCUT2D eigenvalue weighted by atomic mass is 10.1. The van der Waals surface area contributed by atoms with Gasteiger partial charge in [-0.15, -0.1) is 11.6 Å². The van der Waals surface area contributed by atoms with E-state index in [-0.39, 0.29) is 11.2 Å². The summed E-state index contributed by atoms with van der Waals surface area (Å²) in [6, 6.07) is 7.21. The summed E-state index contributed by atoms with van der Waals surface area (Å²) in [5, 5.41) is 0.566. The molecule has 5 heteroatoms. The molecular formula is C15H19ClN2O2. The van der Waals surface area contributed by atoms with Crippen LogP contribution in [0.2, 0.25) is 0 Å². The average Bonchev–Trinajstić information content (AvgIpc) is 2.37. The summed E-state index contributed by atoms with van der Waals surface area (Å²) in [5.74, 6) is 0.482. The highest BCUT2D eigenvalue weighted by atomic mass is 35.5. The minimum Gasteiger partial charge on any atom is -0.293 e. The highest BCUT2D eigenvalue weighted by Crippen LogP contribution is 2.13. The molecule has 0 fully saturated rings. The first-order chi connectivity index (χ1) is 9.38. The van der Waals surface area contributed by atoms with E-state index in [1.54, 1.807) is 16.7 Å². The van der Waals surface area contributed by atoms with Crippen molar-refractivity contribution in [3.8, 4) is 0 Å². The lowest BCUT2D eigenvalue weighted by Crippen LogP contribution is -2.47. The van der Waals surface area contributed by atoms with Crippen molar-refractivity contribution < 1.29 is 0 Å². The Bertz CT molecular complexity index is 738. The van der Waals surface area contributed by atoms with E-state index in [1.165, 1.54) is 4.57 Å². The Morgan fingerprint density at radius 3 is 2.40 bits per heavy atom. The molecular weight excluding hydrogens is 276 g/mol. The zero-order valence-electron chi connectivity index (χ0n) is 12.0. The highest BCUT2D eigenvalue weighted by molar-refractivity contribution is 6.17. The first-order valence-electron chi connectivity index (χ1n) is 6.69. The Kier molecular flexibility index (Phi) is 4.04. The topological polar surface area (TPSA) is 44.0 Å². The molecule has 2 rings (SSSR count). The predicted molar refractivity (Wildman–Crippen MR) is 82.8 cm³/mol. The van der Waals surface area contributed by atoms with Gasteiger partial charge in [0, 0.05) is 18.0 Å². The van der Waals surface area contributed by atoms with Gasteiger partial charge in [0.05, 0.1) is 10.9 Å². The van der Waals surface area contributed by atoms with Crippen molar-refractivity contribution in [3.63, 3.8) is 0 Å². The maximum atomic E-state index is 12.6. The number of aryl methyl sites for hydroxylation is 1. The van der Waals surface area contributed by atoms with Gasteiger partial charge >= 0.3 is 5.69 Å². The summed E-state index contributed by atoms with van der Waals surface area (Å²) >= 11 is 5.73. The molecule has 0 atom stereocenters. The number of rotatable bonds is 3. The molecule has 0 aliphatic rings. The first kappa shape index (κ1) is 14.9. The van der Waals surface area contributed by atoms with Gasteiger partial charge in [-0.05, 0) is 39.3 Å². The molecule has 0 amide bonds. The standard InChI is InChI=1S/C15H19ClN2O2/c1-15(2,3)18-13(19)11-7-4-5-8-12(11)17(14(18)20)10-6-9-16/h4-5,7-8H,6,9-10H2,1-3H3. The monoisotopic (exact) mass is 294 g/mol. The van der Waals surface area contributed by atoms with E-state index in [1.807, 2.05) is 32.9 Å². The van der Waals surface area contributed by atoms with Crippen LogP contribution < -0.4 is 11.2 Å². The van der Waals surface area contributed by atoms with Crippen LogP contribution in [0.25, 0.3) is 10.9 Å². The predicted octanol–water partition coefficient (Wildman–Crippen LogP) is 2.55. The second-order valence-corrected chi connectivity index (χ2v) is 6.18. The number of halogens is 1. The van der Waals surface area contributed by atoms with Crippen molar-refractivity contribution in [2.75, 3.05) is 5.88 Å². The van der Waals surface area contributed by atoms with E-state index in [0.29, 0.717) is 29.7 Å². The number of hydrogen-bond donors (Lipinski definition) is 0. The number of aromatic nitrogens is 2. The molecule has 0 saturated heterocycles. The Morgan fingerprint density at radius 2 is 1.80 bits per heavy atom. The molecule has 2 aromatic rings. The van der Waals surface area contributed by atoms with E-state index in [0.717, 1.165) is 0 Å². The lowest BCUT2D eigenvalue weighted by Gasteiger charge is -2.23. The molecule has 1 heterocycles. The number of benzene rings is 1. The fourth-order valence-corrected chi connectivity index (χ4v) is 2.47. The minimum atomic E-state index is -0.555. The Labute approximate surface area is 122 Å². The van der Waals surface area contributed by atoms with Gasteiger partial charge in [0.15, 0.2) is 0 Å². The normalized spacial score (nSPS) is 12.0. The van der Waals surface area contributed by atoms with Gasteiger partial charge < -0.3 is 0 Å². The maximum absolute atomic E-state index is 12.6. The van der Waals surface area contributed by atoms with Crippen molar-refractivity contribution in [1.82, 2.24) is 9.13 Å². The summed E-state index contributed by atoms with van der Waals surface area (Å²) in [5.41, 5.74) is -0.388. The average molecular weight is 295 g/mol. The van der Waals surface area contributed by atoms with Crippen molar-refractivity contribution >= 4 is 22.5 Å². The van der Waals surface area contributed by atoms with Gasteiger partial charge in [-0.3, -0.25) is 13.9 Å². The third-order valence-corrected chi connectivity index (χ3v) is 3.50. The number of fused-ring (bicyclic) bond motifs is 1. The van der Waals surface area contributed by atoms with Crippen molar-refractivity contribution in [2.24, 2.45) is 0 Å². The molecule has 0 radical (unpaired) electrons. The first-order valence-corrected chi connectivity index (χ1v) is 7.22. The molecule has 108 valence electrons. The summed E-state index contributed by atoms with van der Waals surface area (Å²) in [4.78, 5) is 25.2. The Hall–Kier alpha value is -1.55. The van der Waals surface area contributed by atoms with E-state index in [9.17, 15) is 9.59 Å². The van der Waals surface area contributed by atoms with Crippen LogP contribution in [0.4, 0.5) is 0 Å². The Balaban J connectivity index is 2.89. The van der Waals surface area contributed by atoms with Crippen LogP contribution in [0.1, 0.15) is 27.2 Å². The summed E-state index contributed by atoms with van der Waals surface area (Å²) in [6.07, 6.45) is 0.688. The molecule has 1 aromatic carbocycles. The SMILES string of the molecule is CC(C)(C)n1c(=O)c2ccccc2n(CCCCl)c1=O. The summed E-state index contributed by atoms with van der Waals surface area (Å²) in [7, 11) is 0. The van der Waals surface area contributed by atoms with Gasteiger partial charge in [0.25, 0.3) is 5.56 Å². The zero-order chi connectivity index (χ0) is 14.9. The highest BCUT2D eigenvalue weighted by Gasteiger charge is 2.21. The van der Waals surface area contributed by atoms with E-state index in [2.05, 4.69) is 0 Å². The fraction of sp³-hybridized carbons (Fsp3) is 0.467. The van der Waals surface area contributed by atoms with Gasteiger partial charge in [-0.1, -0.05) is 12.1 Å².